The number of hydrogen-bond donors (Lipinski definition) is 1. The molecule has 0 aliphatic heterocycles. The van der Waals surface area contributed by atoms with Crippen LogP contribution in [0.1, 0.15) is 34.5 Å². The van der Waals surface area contributed by atoms with Crippen molar-refractivity contribution < 1.29 is 5.11 Å². The first-order chi connectivity index (χ1) is 9.47. The van der Waals surface area contributed by atoms with E-state index in [1.807, 2.05) is 24.7 Å². The summed E-state index contributed by atoms with van der Waals surface area (Å²) in [6.45, 7) is 6.20. The number of benzene rings is 1. The van der Waals surface area contributed by atoms with Gasteiger partial charge in [0.25, 0.3) is 0 Å². The summed E-state index contributed by atoms with van der Waals surface area (Å²) in [5, 5.41) is 14.6. The van der Waals surface area contributed by atoms with E-state index in [2.05, 4.69) is 37.1 Å². The van der Waals surface area contributed by atoms with E-state index in [0.717, 1.165) is 25.0 Å². The predicted octanol–water partition coefficient (Wildman–Crippen LogP) is 2.88. The highest BCUT2D eigenvalue weighted by molar-refractivity contribution is 5.25. The molecule has 108 valence electrons. The summed E-state index contributed by atoms with van der Waals surface area (Å²) in [7, 11) is 1.97. The Labute approximate surface area is 121 Å². The summed E-state index contributed by atoms with van der Waals surface area (Å²) in [4.78, 5) is 0. The van der Waals surface area contributed by atoms with E-state index in [9.17, 15) is 5.11 Å². The molecule has 1 N–H and O–H groups in total. The van der Waals surface area contributed by atoms with Crippen molar-refractivity contribution in [1.29, 1.82) is 0 Å². The Balaban J connectivity index is 1.94. The summed E-state index contributed by atoms with van der Waals surface area (Å²) in [5.74, 6) is 0. The van der Waals surface area contributed by atoms with E-state index in [1.54, 1.807) is 0 Å². The van der Waals surface area contributed by atoms with E-state index >= 15 is 0 Å². The van der Waals surface area contributed by atoms with Gasteiger partial charge >= 0.3 is 0 Å². The van der Waals surface area contributed by atoms with Gasteiger partial charge in [-0.3, -0.25) is 4.68 Å². The molecule has 1 atom stereocenters. The number of aromatic nitrogens is 2. The van der Waals surface area contributed by atoms with Crippen molar-refractivity contribution in [2.45, 2.75) is 46.1 Å². The van der Waals surface area contributed by atoms with Crippen LogP contribution < -0.4 is 0 Å². The van der Waals surface area contributed by atoms with Gasteiger partial charge in [-0.2, -0.15) is 5.10 Å². The minimum absolute atomic E-state index is 0.296. The van der Waals surface area contributed by atoms with Gasteiger partial charge < -0.3 is 5.11 Å². The molecule has 1 aromatic carbocycles. The second-order valence-electron chi connectivity index (χ2n) is 5.66. The van der Waals surface area contributed by atoms with Gasteiger partial charge in [-0.05, 0) is 51.2 Å². The molecule has 20 heavy (non-hydrogen) atoms. The first kappa shape index (κ1) is 14.8. The molecule has 0 saturated carbocycles. The van der Waals surface area contributed by atoms with Gasteiger partial charge in [0.1, 0.15) is 0 Å². The van der Waals surface area contributed by atoms with Crippen LogP contribution in [0.25, 0.3) is 0 Å². The number of nitrogens with zero attached hydrogens (tertiary/aromatic N) is 2. The highest BCUT2D eigenvalue weighted by atomic mass is 16.3. The first-order valence-electron chi connectivity index (χ1n) is 7.20. The lowest BCUT2D eigenvalue weighted by Gasteiger charge is -2.11. The maximum absolute atomic E-state index is 10.2. The summed E-state index contributed by atoms with van der Waals surface area (Å²) < 4.78 is 1.91. The van der Waals surface area contributed by atoms with Crippen LogP contribution in [-0.2, 0) is 19.9 Å². The van der Waals surface area contributed by atoms with Crippen molar-refractivity contribution in [2.75, 3.05) is 0 Å². The Bertz CT molecular complexity index is 587. The second kappa shape index (κ2) is 6.23. The van der Waals surface area contributed by atoms with E-state index in [0.29, 0.717) is 0 Å². The lowest BCUT2D eigenvalue weighted by molar-refractivity contribution is 0.165. The van der Waals surface area contributed by atoms with Crippen molar-refractivity contribution in [3.8, 4) is 0 Å². The fourth-order valence-electron chi connectivity index (χ4n) is 2.70. The topological polar surface area (TPSA) is 38.1 Å². The minimum Gasteiger partial charge on any atom is -0.393 e. The molecule has 0 aliphatic rings. The van der Waals surface area contributed by atoms with Crippen LogP contribution in [0.15, 0.2) is 24.3 Å². The highest BCUT2D eigenvalue weighted by Crippen LogP contribution is 2.16. The molecule has 2 aromatic rings. The molecule has 0 saturated heterocycles. The van der Waals surface area contributed by atoms with E-state index in [4.69, 9.17) is 0 Å². The van der Waals surface area contributed by atoms with Crippen molar-refractivity contribution in [2.24, 2.45) is 7.05 Å². The van der Waals surface area contributed by atoms with Crippen LogP contribution in [0.4, 0.5) is 0 Å². The minimum atomic E-state index is -0.296. The Morgan fingerprint density at radius 3 is 2.60 bits per heavy atom. The fraction of sp³-hybridized carbons (Fsp3) is 0.471. The Morgan fingerprint density at radius 1 is 1.25 bits per heavy atom. The molecule has 0 fully saturated rings. The largest absolute Gasteiger partial charge is 0.393 e. The van der Waals surface area contributed by atoms with Crippen molar-refractivity contribution in [3.05, 3.63) is 52.3 Å². The third-order valence-corrected chi connectivity index (χ3v) is 3.94. The average molecular weight is 272 g/mol. The monoisotopic (exact) mass is 272 g/mol. The fourth-order valence-corrected chi connectivity index (χ4v) is 2.70. The molecule has 2 rings (SSSR count). The highest BCUT2D eigenvalue weighted by Gasteiger charge is 2.12. The van der Waals surface area contributed by atoms with Crippen LogP contribution in [-0.4, -0.2) is 21.0 Å². The number of aliphatic hydroxyl groups excluding tert-OH is 1. The van der Waals surface area contributed by atoms with Crippen molar-refractivity contribution >= 4 is 0 Å². The molecule has 1 aromatic heterocycles. The summed E-state index contributed by atoms with van der Waals surface area (Å²) in [6.07, 6.45) is 2.09. The Morgan fingerprint density at radius 2 is 2.00 bits per heavy atom. The zero-order valence-electron chi connectivity index (χ0n) is 12.8. The Kier molecular flexibility index (Phi) is 4.61. The normalized spacial score (nSPS) is 12.7. The number of rotatable bonds is 5. The van der Waals surface area contributed by atoms with Crippen molar-refractivity contribution in [1.82, 2.24) is 9.78 Å². The van der Waals surface area contributed by atoms with Gasteiger partial charge in [-0.25, -0.2) is 0 Å². The van der Waals surface area contributed by atoms with Crippen LogP contribution in [0, 0.1) is 20.8 Å². The van der Waals surface area contributed by atoms with Crippen LogP contribution in [0.2, 0.25) is 0 Å². The lowest BCUT2D eigenvalue weighted by atomic mass is 9.99. The summed E-state index contributed by atoms with van der Waals surface area (Å²) in [5.41, 5.74) is 6.00. The van der Waals surface area contributed by atoms with E-state index in [1.165, 1.54) is 22.4 Å². The molecule has 0 radical (unpaired) electrons. The molecular weight excluding hydrogens is 248 g/mol. The van der Waals surface area contributed by atoms with Crippen LogP contribution >= 0.6 is 0 Å². The van der Waals surface area contributed by atoms with Gasteiger partial charge in [0.15, 0.2) is 0 Å². The third kappa shape index (κ3) is 3.48. The maximum Gasteiger partial charge on any atom is 0.0628 e. The molecular formula is C17H24N2O. The molecule has 3 heteroatoms. The third-order valence-electron chi connectivity index (χ3n) is 3.94. The van der Waals surface area contributed by atoms with Gasteiger partial charge in [0.2, 0.25) is 0 Å². The number of aliphatic hydroxyl groups is 1. The van der Waals surface area contributed by atoms with E-state index in [-0.39, 0.29) is 6.10 Å². The quantitative estimate of drug-likeness (QED) is 0.909. The summed E-state index contributed by atoms with van der Waals surface area (Å²) >= 11 is 0. The molecule has 0 spiro atoms. The zero-order valence-corrected chi connectivity index (χ0v) is 12.8. The zero-order chi connectivity index (χ0) is 14.7. The smallest absolute Gasteiger partial charge is 0.0628 e. The van der Waals surface area contributed by atoms with E-state index < -0.39 is 0 Å². The predicted molar refractivity (Wildman–Crippen MR) is 81.9 cm³/mol. The lowest BCUT2D eigenvalue weighted by Crippen LogP contribution is -2.12. The van der Waals surface area contributed by atoms with Crippen LogP contribution in [0.3, 0.4) is 0 Å². The molecule has 0 amide bonds. The average Bonchev–Trinajstić information content (AvgIpc) is 2.61. The van der Waals surface area contributed by atoms with Gasteiger partial charge in [-0.15, -0.1) is 0 Å². The second-order valence-corrected chi connectivity index (χ2v) is 5.66. The number of aryl methyl sites for hydroxylation is 3. The van der Waals surface area contributed by atoms with Crippen molar-refractivity contribution in [3.63, 3.8) is 0 Å². The molecule has 3 nitrogen and oxygen atoms in total. The molecule has 1 heterocycles. The molecule has 1 unspecified atom stereocenters. The maximum atomic E-state index is 10.2. The van der Waals surface area contributed by atoms with Gasteiger partial charge in [0, 0.05) is 12.7 Å². The summed E-state index contributed by atoms with van der Waals surface area (Å²) in [6, 6.07) is 8.35. The standard InChI is InChI=1S/C17H24N2O/c1-12-6-5-7-15(10-12)11-16(20)8-9-17-13(2)18-19(4)14(17)3/h5-7,10,16,20H,8-9,11H2,1-4H3. The number of hydrogen-bond acceptors (Lipinski definition) is 2. The van der Waals surface area contributed by atoms with Crippen LogP contribution in [0.5, 0.6) is 0 Å². The first-order valence-corrected chi connectivity index (χ1v) is 7.20. The molecule has 0 bridgehead atoms. The Hall–Kier alpha value is -1.61. The van der Waals surface area contributed by atoms with Gasteiger partial charge in [0.05, 0.1) is 11.8 Å². The van der Waals surface area contributed by atoms with Gasteiger partial charge in [-0.1, -0.05) is 29.8 Å². The molecule has 0 aliphatic carbocycles. The SMILES string of the molecule is Cc1cccc(CC(O)CCc2c(C)nn(C)c2C)c1.